The second-order valence-corrected chi connectivity index (χ2v) is 7.12. The number of aromatic nitrogens is 1. The number of rotatable bonds is 7. The summed E-state index contributed by atoms with van der Waals surface area (Å²) < 4.78 is 38.5. The van der Waals surface area contributed by atoms with E-state index in [1.165, 1.54) is 18.2 Å². The van der Waals surface area contributed by atoms with E-state index in [1.807, 2.05) is 31.2 Å². The summed E-state index contributed by atoms with van der Waals surface area (Å²) in [4.78, 5) is 16.5. The number of allylic oxidation sites excluding steroid dienone is 3. The van der Waals surface area contributed by atoms with Crippen LogP contribution in [-0.4, -0.2) is 10.9 Å². The summed E-state index contributed by atoms with van der Waals surface area (Å²) in [5, 5.41) is 4.67. The third-order valence-corrected chi connectivity index (χ3v) is 4.87. The number of anilines is 1. The third kappa shape index (κ3) is 6.04. The minimum absolute atomic E-state index is 0.289. The Morgan fingerprint density at radius 1 is 1.10 bits per heavy atom. The van der Waals surface area contributed by atoms with Crippen molar-refractivity contribution in [3.05, 3.63) is 90.3 Å². The molecule has 1 amide bonds. The predicted octanol–water partition coefficient (Wildman–Crippen LogP) is 7.02. The molecule has 0 radical (unpaired) electrons. The number of halogens is 3. The highest BCUT2D eigenvalue weighted by atomic mass is 19.4. The molecule has 0 atom stereocenters. The van der Waals surface area contributed by atoms with Gasteiger partial charge in [-0.25, -0.2) is 0 Å². The van der Waals surface area contributed by atoms with Crippen LogP contribution < -0.4 is 5.32 Å². The van der Waals surface area contributed by atoms with Crippen molar-refractivity contribution in [3.63, 3.8) is 0 Å². The van der Waals surface area contributed by atoms with Gasteiger partial charge in [-0.1, -0.05) is 49.8 Å². The summed E-state index contributed by atoms with van der Waals surface area (Å²) in [6.45, 7) is 2.05. The molecule has 0 aliphatic rings. The molecule has 160 valence electrons. The Morgan fingerprint density at radius 3 is 2.58 bits per heavy atom. The number of amides is 1. The van der Waals surface area contributed by atoms with Crippen LogP contribution in [0.15, 0.2) is 79.2 Å². The number of pyridine rings is 1. The lowest BCUT2D eigenvalue weighted by Crippen LogP contribution is -2.08. The van der Waals surface area contributed by atoms with Crippen LogP contribution in [0.3, 0.4) is 0 Å². The average molecular weight is 424 g/mol. The SMILES string of the molecule is CCCC/C(=C\C=C\C(=O)Nc1cccc2cnccc12)c1ccc(C(F)(F)F)cc1. The zero-order valence-corrected chi connectivity index (χ0v) is 17.1. The van der Waals surface area contributed by atoms with Crippen LogP contribution in [0.4, 0.5) is 18.9 Å². The van der Waals surface area contributed by atoms with Crippen LogP contribution in [0.5, 0.6) is 0 Å². The topological polar surface area (TPSA) is 42.0 Å². The smallest absolute Gasteiger partial charge is 0.322 e. The molecular weight excluding hydrogens is 401 g/mol. The van der Waals surface area contributed by atoms with Gasteiger partial charge in [0.15, 0.2) is 0 Å². The van der Waals surface area contributed by atoms with Gasteiger partial charge in [0, 0.05) is 34.9 Å². The molecule has 0 saturated carbocycles. The van der Waals surface area contributed by atoms with Gasteiger partial charge in [0.1, 0.15) is 0 Å². The van der Waals surface area contributed by atoms with E-state index < -0.39 is 11.7 Å². The van der Waals surface area contributed by atoms with Crippen LogP contribution in [0.1, 0.15) is 37.3 Å². The second kappa shape index (κ2) is 10.1. The van der Waals surface area contributed by atoms with Crippen molar-refractivity contribution in [2.45, 2.75) is 32.4 Å². The molecule has 0 bridgehead atoms. The first kappa shape index (κ1) is 22.3. The molecule has 0 fully saturated rings. The largest absolute Gasteiger partial charge is 0.416 e. The van der Waals surface area contributed by atoms with Gasteiger partial charge in [0.25, 0.3) is 0 Å². The number of hydrogen-bond donors (Lipinski definition) is 1. The van der Waals surface area contributed by atoms with Gasteiger partial charge in [-0.15, -0.1) is 0 Å². The van der Waals surface area contributed by atoms with Crippen molar-refractivity contribution in [2.75, 3.05) is 5.32 Å². The Labute approximate surface area is 179 Å². The van der Waals surface area contributed by atoms with Gasteiger partial charge in [-0.3, -0.25) is 9.78 Å². The lowest BCUT2D eigenvalue weighted by Gasteiger charge is -2.10. The number of unbranched alkanes of at least 4 members (excludes halogenated alkanes) is 1. The summed E-state index contributed by atoms with van der Waals surface area (Å²) in [6.07, 6.45) is 6.43. The first-order chi connectivity index (χ1) is 14.9. The lowest BCUT2D eigenvalue weighted by atomic mass is 9.98. The average Bonchev–Trinajstić information content (AvgIpc) is 2.76. The molecule has 1 aromatic heterocycles. The highest BCUT2D eigenvalue weighted by molar-refractivity contribution is 6.06. The molecular formula is C25H23F3N2O. The van der Waals surface area contributed by atoms with Gasteiger partial charge in [0.05, 0.1) is 5.56 Å². The van der Waals surface area contributed by atoms with E-state index in [4.69, 9.17) is 0 Å². The molecule has 1 heterocycles. The fraction of sp³-hybridized carbons (Fsp3) is 0.200. The zero-order chi connectivity index (χ0) is 22.3. The Balaban J connectivity index is 1.75. The molecule has 0 aliphatic heterocycles. The lowest BCUT2D eigenvalue weighted by molar-refractivity contribution is -0.137. The van der Waals surface area contributed by atoms with E-state index in [1.54, 1.807) is 24.5 Å². The van der Waals surface area contributed by atoms with Crippen molar-refractivity contribution < 1.29 is 18.0 Å². The van der Waals surface area contributed by atoms with Crippen LogP contribution >= 0.6 is 0 Å². The number of nitrogens with zero attached hydrogens (tertiary/aromatic N) is 1. The highest BCUT2D eigenvalue weighted by Crippen LogP contribution is 2.31. The van der Waals surface area contributed by atoms with Gasteiger partial charge in [0.2, 0.25) is 5.91 Å². The van der Waals surface area contributed by atoms with Crippen LogP contribution in [0.2, 0.25) is 0 Å². The molecule has 0 unspecified atom stereocenters. The van der Waals surface area contributed by atoms with Gasteiger partial charge in [-0.2, -0.15) is 13.2 Å². The van der Waals surface area contributed by atoms with Crippen LogP contribution in [0.25, 0.3) is 16.3 Å². The summed E-state index contributed by atoms with van der Waals surface area (Å²) in [6, 6.07) is 12.5. The quantitative estimate of drug-likeness (QED) is 0.327. The molecule has 31 heavy (non-hydrogen) atoms. The zero-order valence-electron chi connectivity index (χ0n) is 17.1. The van der Waals surface area contributed by atoms with Crippen LogP contribution in [-0.2, 0) is 11.0 Å². The second-order valence-electron chi connectivity index (χ2n) is 7.12. The maximum Gasteiger partial charge on any atom is 0.416 e. The Bertz CT molecular complexity index is 1090. The normalized spacial score (nSPS) is 12.5. The number of carbonyl (C=O) groups is 1. The van der Waals surface area contributed by atoms with Crippen molar-refractivity contribution >= 4 is 27.9 Å². The molecule has 1 N–H and O–H groups in total. The molecule has 0 spiro atoms. The fourth-order valence-corrected chi connectivity index (χ4v) is 3.22. The molecule has 3 aromatic rings. The van der Waals surface area contributed by atoms with Gasteiger partial charge < -0.3 is 5.32 Å². The number of carbonyl (C=O) groups excluding carboxylic acids is 1. The molecule has 0 aliphatic carbocycles. The van der Waals surface area contributed by atoms with Gasteiger partial charge in [-0.05, 0) is 48.2 Å². The van der Waals surface area contributed by atoms with Crippen molar-refractivity contribution in [2.24, 2.45) is 0 Å². The monoisotopic (exact) mass is 424 g/mol. The number of fused-ring (bicyclic) bond motifs is 1. The predicted molar refractivity (Wildman–Crippen MR) is 118 cm³/mol. The van der Waals surface area contributed by atoms with Crippen molar-refractivity contribution in [1.82, 2.24) is 4.98 Å². The van der Waals surface area contributed by atoms with Crippen molar-refractivity contribution in [1.29, 1.82) is 0 Å². The maximum absolute atomic E-state index is 12.8. The Hall–Kier alpha value is -3.41. The van der Waals surface area contributed by atoms with E-state index in [-0.39, 0.29) is 5.91 Å². The van der Waals surface area contributed by atoms with E-state index in [0.717, 1.165) is 41.3 Å². The number of benzene rings is 2. The molecule has 0 saturated heterocycles. The fourth-order valence-electron chi connectivity index (χ4n) is 3.22. The molecule has 2 aromatic carbocycles. The Kier molecular flexibility index (Phi) is 7.23. The Morgan fingerprint density at radius 2 is 1.87 bits per heavy atom. The standard InChI is InChI=1S/C25H23F3N2O/c1-2-3-6-18(19-11-13-21(14-12-19)25(26,27)28)7-5-10-24(31)30-23-9-4-8-20-17-29-16-15-22(20)23/h4-5,7-17H,2-3,6H2,1H3,(H,30,31)/b10-5+,18-7+. The molecule has 6 heteroatoms. The van der Waals surface area contributed by atoms with E-state index in [2.05, 4.69) is 10.3 Å². The number of alkyl halides is 3. The first-order valence-corrected chi connectivity index (χ1v) is 10.1. The van der Waals surface area contributed by atoms with Crippen LogP contribution in [0, 0.1) is 0 Å². The van der Waals surface area contributed by atoms with E-state index in [0.29, 0.717) is 17.7 Å². The summed E-state index contributed by atoms with van der Waals surface area (Å²) in [7, 11) is 0. The van der Waals surface area contributed by atoms with E-state index >= 15 is 0 Å². The minimum Gasteiger partial charge on any atom is -0.322 e. The van der Waals surface area contributed by atoms with Crippen molar-refractivity contribution in [3.8, 4) is 0 Å². The van der Waals surface area contributed by atoms with E-state index in [9.17, 15) is 18.0 Å². The third-order valence-electron chi connectivity index (χ3n) is 4.87. The maximum atomic E-state index is 12.8. The van der Waals surface area contributed by atoms with Gasteiger partial charge >= 0.3 is 6.18 Å². The summed E-state index contributed by atoms with van der Waals surface area (Å²) in [5.74, 6) is -0.289. The number of hydrogen-bond acceptors (Lipinski definition) is 2. The number of nitrogens with one attached hydrogen (secondary N) is 1. The first-order valence-electron chi connectivity index (χ1n) is 10.1. The minimum atomic E-state index is -4.36. The summed E-state index contributed by atoms with van der Waals surface area (Å²) in [5.41, 5.74) is 1.61. The molecule has 3 nitrogen and oxygen atoms in total. The highest BCUT2D eigenvalue weighted by Gasteiger charge is 2.29. The summed E-state index contributed by atoms with van der Waals surface area (Å²) >= 11 is 0. The molecule has 3 rings (SSSR count).